The number of carbonyl (C=O) groups excluding carboxylic acids is 3. The van der Waals surface area contributed by atoms with Crippen LogP contribution in [0.1, 0.15) is 32.6 Å². The number of aliphatic hydroxyl groups is 1. The van der Waals surface area contributed by atoms with Gasteiger partial charge in [-0.25, -0.2) is 4.79 Å². The molecular formula is C14H23N3O4. The van der Waals surface area contributed by atoms with Gasteiger partial charge in [0.1, 0.15) is 6.54 Å². The predicted molar refractivity (Wildman–Crippen MR) is 75.4 cm³/mol. The Kier molecular flexibility index (Phi) is 4.51. The first-order valence-corrected chi connectivity index (χ1v) is 7.36. The van der Waals surface area contributed by atoms with Gasteiger partial charge in [-0.1, -0.05) is 0 Å². The number of urea groups is 1. The molecule has 0 aliphatic carbocycles. The lowest BCUT2D eigenvalue weighted by atomic mass is 9.95. The summed E-state index contributed by atoms with van der Waals surface area (Å²) in [5, 5.41) is 9.99. The van der Waals surface area contributed by atoms with Crippen LogP contribution in [0.5, 0.6) is 0 Å². The highest BCUT2D eigenvalue weighted by Crippen LogP contribution is 2.21. The fourth-order valence-electron chi connectivity index (χ4n) is 2.87. The van der Waals surface area contributed by atoms with Crippen LogP contribution in [0.25, 0.3) is 0 Å². The second kappa shape index (κ2) is 6.01. The Morgan fingerprint density at radius 3 is 2.67 bits per heavy atom. The number of hydrogen-bond donors (Lipinski definition) is 1. The third-order valence-electron chi connectivity index (χ3n) is 4.03. The van der Waals surface area contributed by atoms with Crippen molar-refractivity contribution in [1.29, 1.82) is 0 Å². The van der Waals surface area contributed by atoms with Crippen LogP contribution in [0.3, 0.4) is 0 Å². The number of piperidine rings is 1. The molecule has 0 aromatic carbocycles. The topological polar surface area (TPSA) is 81.2 Å². The summed E-state index contributed by atoms with van der Waals surface area (Å²) in [6, 6.07) is -0.298. The van der Waals surface area contributed by atoms with Gasteiger partial charge in [-0.05, 0) is 26.2 Å². The van der Waals surface area contributed by atoms with Gasteiger partial charge in [0.25, 0.3) is 0 Å². The van der Waals surface area contributed by atoms with Gasteiger partial charge >= 0.3 is 6.03 Å². The van der Waals surface area contributed by atoms with Crippen molar-refractivity contribution in [1.82, 2.24) is 14.7 Å². The van der Waals surface area contributed by atoms with E-state index in [0.717, 1.165) is 6.42 Å². The first kappa shape index (κ1) is 15.8. The van der Waals surface area contributed by atoms with Gasteiger partial charge in [0.2, 0.25) is 11.8 Å². The summed E-state index contributed by atoms with van der Waals surface area (Å²) >= 11 is 0. The molecule has 0 radical (unpaired) electrons. The van der Waals surface area contributed by atoms with Crippen LogP contribution in [0, 0.1) is 0 Å². The molecule has 2 aliphatic rings. The van der Waals surface area contributed by atoms with Crippen molar-refractivity contribution in [3.05, 3.63) is 0 Å². The number of hydrogen-bond acceptors (Lipinski definition) is 4. The monoisotopic (exact) mass is 297 g/mol. The molecular weight excluding hydrogens is 274 g/mol. The maximum absolute atomic E-state index is 12.1. The molecule has 2 rings (SSSR count). The van der Waals surface area contributed by atoms with Gasteiger partial charge in [-0.15, -0.1) is 0 Å². The molecule has 4 amide bonds. The molecule has 0 bridgehead atoms. The molecule has 2 fully saturated rings. The summed E-state index contributed by atoms with van der Waals surface area (Å²) in [4.78, 5) is 39.6. The lowest BCUT2D eigenvalue weighted by molar-refractivity contribution is -0.138. The van der Waals surface area contributed by atoms with Gasteiger partial charge in [0, 0.05) is 33.1 Å². The van der Waals surface area contributed by atoms with Crippen LogP contribution in [0.2, 0.25) is 0 Å². The molecule has 0 aromatic heterocycles. The average molecular weight is 297 g/mol. The van der Waals surface area contributed by atoms with Gasteiger partial charge in [0.15, 0.2) is 0 Å². The van der Waals surface area contributed by atoms with Crippen molar-refractivity contribution in [3.63, 3.8) is 0 Å². The van der Waals surface area contributed by atoms with Crippen LogP contribution in [0.15, 0.2) is 0 Å². The van der Waals surface area contributed by atoms with Crippen molar-refractivity contribution in [2.24, 2.45) is 0 Å². The molecule has 0 saturated carbocycles. The summed E-state index contributed by atoms with van der Waals surface area (Å²) in [6.07, 6.45) is 2.26. The summed E-state index contributed by atoms with van der Waals surface area (Å²) in [5.41, 5.74) is -0.808. The lowest BCUT2D eigenvalue weighted by Crippen LogP contribution is -2.48. The molecule has 7 heteroatoms. The largest absolute Gasteiger partial charge is 0.388 e. The standard InChI is InChI=1S/C14H23N3O4/c1-14(21)6-4-7-16(10-14)11(18)5-3-8-17-12(19)9-15(2)13(17)20/h21H,3-10H2,1-2H3. The molecule has 1 unspecified atom stereocenters. The zero-order valence-electron chi connectivity index (χ0n) is 12.7. The highest BCUT2D eigenvalue weighted by molar-refractivity contribution is 6.01. The highest BCUT2D eigenvalue weighted by atomic mass is 16.3. The van der Waals surface area contributed by atoms with Gasteiger partial charge in [-0.2, -0.15) is 0 Å². The van der Waals surface area contributed by atoms with Gasteiger partial charge < -0.3 is 14.9 Å². The Balaban J connectivity index is 1.77. The number of carbonyl (C=O) groups is 3. The number of amides is 4. The van der Waals surface area contributed by atoms with Gasteiger partial charge in [0.05, 0.1) is 5.60 Å². The van der Waals surface area contributed by atoms with E-state index < -0.39 is 5.60 Å². The molecule has 0 aromatic rings. The lowest BCUT2D eigenvalue weighted by Gasteiger charge is -2.37. The minimum atomic E-state index is -0.808. The number of rotatable bonds is 4. The van der Waals surface area contributed by atoms with Crippen LogP contribution in [-0.2, 0) is 9.59 Å². The Hall–Kier alpha value is -1.63. The van der Waals surface area contributed by atoms with E-state index in [9.17, 15) is 19.5 Å². The van der Waals surface area contributed by atoms with E-state index in [2.05, 4.69) is 0 Å². The van der Waals surface area contributed by atoms with Crippen LogP contribution in [-0.4, -0.2) is 76.5 Å². The highest BCUT2D eigenvalue weighted by Gasteiger charge is 2.34. The smallest absolute Gasteiger partial charge is 0.326 e. The maximum Gasteiger partial charge on any atom is 0.326 e. The van der Waals surface area contributed by atoms with E-state index in [-0.39, 0.29) is 37.4 Å². The molecule has 2 saturated heterocycles. The fraction of sp³-hybridized carbons (Fsp3) is 0.786. The molecule has 1 N–H and O–H groups in total. The van der Waals surface area contributed by atoms with Crippen LogP contribution in [0.4, 0.5) is 4.79 Å². The number of likely N-dealkylation sites (N-methyl/N-ethyl adjacent to an activating group) is 1. The molecule has 7 nitrogen and oxygen atoms in total. The summed E-state index contributed by atoms with van der Waals surface area (Å²) in [7, 11) is 1.58. The third-order valence-corrected chi connectivity index (χ3v) is 4.03. The second-order valence-corrected chi connectivity index (χ2v) is 6.20. The minimum absolute atomic E-state index is 0.0255. The molecule has 2 aliphatic heterocycles. The fourth-order valence-corrected chi connectivity index (χ4v) is 2.87. The number of imide groups is 1. The van der Waals surface area contributed by atoms with Crippen molar-refractivity contribution >= 4 is 17.8 Å². The number of likely N-dealkylation sites (tertiary alicyclic amines) is 1. The SMILES string of the molecule is CN1CC(=O)N(CCCC(=O)N2CCCC(C)(O)C2)C1=O. The maximum atomic E-state index is 12.1. The van der Waals surface area contributed by atoms with Gasteiger partial charge in [-0.3, -0.25) is 14.5 Å². The third kappa shape index (κ3) is 3.72. The second-order valence-electron chi connectivity index (χ2n) is 6.20. The summed E-state index contributed by atoms with van der Waals surface area (Å²) < 4.78 is 0. The van der Waals surface area contributed by atoms with Crippen molar-refractivity contribution in [3.8, 4) is 0 Å². The van der Waals surface area contributed by atoms with Crippen molar-refractivity contribution in [2.45, 2.75) is 38.2 Å². The van der Waals surface area contributed by atoms with Crippen molar-refractivity contribution < 1.29 is 19.5 Å². The number of nitrogens with zero attached hydrogens (tertiary/aromatic N) is 3. The molecule has 21 heavy (non-hydrogen) atoms. The van der Waals surface area contributed by atoms with Crippen LogP contribution < -0.4 is 0 Å². The Bertz CT molecular complexity index is 450. The number of β-amino-alcohol motifs (C(OH)–C–C–N with tert-alkyl or cyclic N) is 1. The Morgan fingerprint density at radius 2 is 2.10 bits per heavy atom. The normalized spacial score (nSPS) is 26.7. The Morgan fingerprint density at radius 1 is 1.38 bits per heavy atom. The predicted octanol–water partition coefficient (Wildman–Crippen LogP) is 0.0340. The minimum Gasteiger partial charge on any atom is -0.388 e. The average Bonchev–Trinajstić information content (AvgIpc) is 2.63. The summed E-state index contributed by atoms with van der Waals surface area (Å²) in [5.74, 6) is -0.238. The van der Waals surface area contributed by atoms with E-state index >= 15 is 0 Å². The first-order valence-electron chi connectivity index (χ1n) is 7.36. The zero-order chi connectivity index (χ0) is 15.6. The molecule has 2 heterocycles. The first-order chi connectivity index (χ1) is 9.80. The van der Waals surface area contributed by atoms with E-state index in [0.29, 0.717) is 25.9 Å². The Labute approximate surface area is 124 Å². The van der Waals surface area contributed by atoms with Crippen molar-refractivity contribution in [2.75, 3.05) is 33.2 Å². The zero-order valence-corrected chi connectivity index (χ0v) is 12.7. The summed E-state index contributed by atoms with van der Waals surface area (Å²) in [6.45, 7) is 3.15. The van der Waals surface area contributed by atoms with E-state index in [4.69, 9.17) is 0 Å². The van der Waals surface area contributed by atoms with E-state index in [1.165, 1.54) is 9.80 Å². The van der Waals surface area contributed by atoms with E-state index in [1.807, 2.05) is 0 Å². The van der Waals surface area contributed by atoms with Crippen LogP contribution >= 0.6 is 0 Å². The molecule has 0 spiro atoms. The molecule has 1 atom stereocenters. The quantitative estimate of drug-likeness (QED) is 0.743. The molecule has 118 valence electrons. The van der Waals surface area contributed by atoms with E-state index in [1.54, 1.807) is 18.9 Å².